The summed E-state index contributed by atoms with van der Waals surface area (Å²) in [7, 11) is 2.05. The van der Waals surface area contributed by atoms with E-state index in [1.165, 1.54) is 41.5 Å². The van der Waals surface area contributed by atoms with Gasteiger partial charge in [-0.2, -0.15) is 0 Å². The van der Waals surface area contributed by atoms with Gasteiger partial charge in [0, 0.05) is 18.0 Å². The van der Waals surface area contributed by atoms with Gasteiger partial charge in [-0.05, 0) is 61.4 Å². The van der Waals surface area contributed by atoms with E-state index < -0.39 is 0 Å². The maximum absolute atomic E-state index is 13.7. The summed E-state index contributed by atoms with van der Waals surface area (Å²) in [4.78, 5) is 24.8. The van der Waals surface area contributed by atoms with Crippen molar-refractivity contribution in [3.8, 4) is 0 Å². The molecule has 1 aliphatic carbocycles. The molecule has 5 rings (SSSR count). The van der Waals surface area contributed by atoms with Gasteiger partial charge in [-0.1, -0.05) is 55.3 Å². The lowest BCUT2D eigenvalue weighted by molar-refractivity contribution is -0.124. The van der Waals surface area contributed by atoms with Crippen molar-refractivity contribution in [1.29, 1.82) is 0 Å². The van der Waals surface area contributed by atoms with Crippen molar-refractivity contribution in [2.45, 2.75) is 50.0 Å². The van der Waals surface area contributed by atoms with E-state index in [1.54, 1.807) is 11.8 Å². The second-order valence-electron chi connectivity index (χ2n) is 8.07. The average Bonchev–Trinajstić information content (AvgIpc) is 3.25. The predicted molar refractivity (Wildman–Crippen MR) is 127 cm³/mol. The molecule has 1 saturated heterocycles. The van der Waals surface area contributed by atoms with Crippen LogP contribution in [0.25, 0.3) is 0 Å². The first-order chi connectivity index (χ1) is 14.6. The summed E-state index contributed by atoms with van der Waals surface area (Å²) < 4.78 is 0. The van der Waals surface area contributed by atoms with E-state index in [4.69, 9.17) is 4.99 Å². The normalized spacial score (nSPS) is 23.5. The summed E-state index contributed by atoms with van der Waals surface area (Å²) in [6.07, 6.45) is 5.75. The number of hydrogen-bond donors (Lipinski definition) is 0. The van der Waals surface area contributed by atoms with Gasteiger partial charge in [0.2, 0.25) is 0 Å². The van der Waals surface area contributed by atoms with Gasteiger partial charge in [-0.25, -0.2) is 4.99 Å². The van der Waals surface area contributed by atoms with Crippen LogP contribution in [0.15, 0.2) is 68.4 Å². The van der Waals surface area contributed by atoms with Crippen LogP contribution >= 0.6 is 23.5 Å². The van der Waals surface area contributed by atoms with Gasteiger partial charge in [0.1, 0.15) is 4.91 Å². The van der Waals surface area contributed by atoms with Gasteiger partial charge in [0.05, 0.1) is 16.4 Å². The lowest BCUT2D eigenvalue weighted by Crippen LogP contribution is -2.40. The predicted octanol–water partition coefficient (Wildman–Crippen LogP) is 6.30. The van der Waals surface area contributed by atoms with E-state index in [0.717, 1.165) is 39.3 Å². The highest BCUT2D eigenvalue weighted by atomic mass is 32.2. The van der Waals surface area contributed by atoms with Gasteiger partial charge in [0.25, 0.3) is 5.91 Å². The zero-order chi connectivity index (χ0) is 20.7. The Morgan fingerprint density at radius 1 is 1.00 bits per heavy atom. The molecule has 30 heavy (non-hydrogen) atoms. The SMILES string of the molecule is Cc1cccc(N=C2SC(=C3Sc4ccccc4N3C)C(=O)N2C2CCCCC2)c1. The molecule has 1 saturated carbocycles. The number of fused-ring (bicyclic) bond motifs is 1. The molecule has 0 bridgehead atoms. The number of carbonyl (C=O) groups excluding carboxylic acids is 1. The lowest BCUT2D eigenvalue weighted by atomic mass is 9.94. The number of amidine groups is 1. The third-order valence-electron chi connectivity index (χ3n) is 5.91. The fourth-order valence-electron chi connectivity index (χ4n) is 4.36. The van der Waals surface area contributed by atoms with E-state index in [1.807, 2.05) is 23.1 Å². The minimum Gasteiger partial charge on any atom is -0.337 e. The molecule has 154 valence electrons. The monoisotopic (exact) mass is 435 g/mol. The Kier molecular flexibility index (Phi) is 5.37. The molecular formula is C24H25N3OS2. The van der Waals surface area contributed by atoms with Crippen LogP contribution in [0.3, 0.4) is 0 Å². The van der Waals surface area contributed by atoms with Gasteiger partial charge in [-0.3, -0.25) is 9.69 Å². The second kappa shape index (κ2) is 8.16. The molecular weight excluding hydrogens is 410 g/mol. The lowest BCUT2D eigenvalue weighted by Gasteiger charge is -2.30. The molecule has 0 unspecified atom stereocenters. The quantitative estimate of drug-likeness (QED) is 0.519. The zero-order valence-electron chi connectivity index (χ0n) is 17.3. The molecule has 1 amide bonds. The van der Waals surface area contributed by atoms with Crippen molar-refractivity contribution in [3.63, 3.8) is 0 Å². The summed E-state index contributed by atoms with van der Waals surface area (Å²) in [6, 6.07) is 16.8. The van der Waals surface area contributed by atoms with Gasteiger partial charge >= 0.3 is 0 Å². The van der Waals surface area contributed by atoms with Gasteiger partial charge in [-0.15, -0.1) is 0 Å². The Hall–Kier alpha value is -2.18. The van der Waals surface area contributed by atoms with E-state index in [0.29, 0.717) is 0 Å². The number of carbonyl (C=O) groups is 1. The Labute approximate surface area is 186 Å². The molecule has 0 radical (unpaired) electrons. The minimum absolute atomic E-state index is 0.112. The summed E-state index contributed by atoms with van der Waals surface area (Å²) >= 11 is 3.22. The highest BCUT2D eigenvalue weighted by Gasteiger charge is 2.42. The van der Waals surface area contributed by atoms with Crippen LogP contribution in [0.1, 0.15) is 37.7 Å². The van der Waals surface area contributed by atoms with Crippen LogP contribution in [-0.4, -0.2) is 29.1 Å². The molecule has 2 fully saturated rings. The summed E-state index contributed by atoms with van der Waals surface area (Å²) in [5.41, 5.74) is 3.25. The number of amides is 1. The fraction of sp³-hybridized carbons (Fsp3) is 0.333. The van der Waals surface area contributed by atoms with Crippen molar-refractivity contribution in [2.75, 3.05) is 11.9 Å². The van der Waals surface area contributed by atoms with E-state index in [9.17, 15) is 4.79 Å². The highest BCUT2D eigenvalue weighted by molar-refractivity contribution is 8.19. The molecule has 2 heterocycles. The van der Waals surface area contributed by atoms with Gasteiger partial charge in [0.15, 0.2) is 5.17 Å². The highest BCUT2D eigenvalue weighted by Crippen LogP contribution is 2.50. The first-order valence-corrected chi connectivity index (χ1v) is 12.2. The molecule has 0 aromatic heterocycles. The van der Waals surface area contributed by atoms with Crippen molar-refractivity contribution >= 4 is 46.0 Å². The third-order valence-corrected chi connectivity index (χ3v) is 8.32. The van der Waals surface area contributed by atoms with Crippen LogP contribution in [0.4, 0.5) is 11.4 Å². The largest absolute Gasteiger partial charge is 0.337 e. The minimum atomic E-state index is 0.112. The van der Waals surface area contributed by atoms with Crippen LogP contribution < -0.4 is 4.90 Å². The third kappa shape index (κ3) is 3.56. The first-order valence-electron chi connectivity index (χ1n) is 10.5. The molecule has 2 aromatic rings. The van der Waals surface area contributed by atoms with Crippen LogP contribution in [-0.2, 0) is 4.79 Å². The van der Waals surface area contributed by atoms with Crippen molar-refractivity contribution < 1.29 is 4.79 Å². The summed E-state index contributed by atoms with van der Waals surface area (Å²) in [5, 5.41) is 1.84. The number of rotatable bonds is 2. The van der Waals surface area contributed by atoms with Crippen LogP contribution in [0.2, 0.25) is 0 Å². The first kappa shape index (κ1) is 19.8. The Morgan fingerprint density at radius 3 is 2.57 bits per heavy atom. The number of anilines is 1. The Bertz CT molecular complexity index is 1060. The molecule has 4 nitrogen and oxygen atoms in total. The maximum Gasteiger partial charge on any atom is 0.269 e. The van der Waals surface area contributed by atoms with E-state index >= 15 is 0 Å². The standard InChI is InChI=1S/C24H25N3OS2/c1-16-9-8-10-17(15-16)25-24-27(18-11-4-3-5-12-18)22(28)21(30-24)23-26(2)19-13-6-7-14-20(19)29-23/h6-10,13-15,18H,3-5,11-12H2,1-2H3. The molecule has 2 aliphatic heterocycles. The van der Waals surface area contributed by atoms with E-state index in [2.05, 4.69) is 49.2 Å². The zero-order valence-corrected chi connectivity index (χ0v) is 18.9. The molecule has 3 aliphatic rings. The van der Waals surface area contributed by atoms with Crippen molar-refractivity contribution in [2.24, 2.45) is 4.99 Å². The van der Waals surface area contributed by atoms with Gasteiger partial charge < -0.3 is 4.90 Å². The Morgan fingerprint density at radius 2 is 1.80 bits per heavy atom. The average molecular weight is 436 g/mol. The van der Waals surface area contributed by atoms with Crippen molar-refractivity contribution in [1.82, 2.24) is 4.90 Å². The van der Waals surface area contributed by atoms with Crippen LogP contribution in [0.5, 0.6) is 0 Å². The number of para-hydroxylation sites is 1. The van der Waals surface area contributed by atoms with Crippen LogP contribution in [0, 0.1) is 6.92 Å². The molecule has 0 N–H and O–H groups in total. The number of aryl methyl sites for hydroxylation is 1. The van der Waals surface area contributed by atoms with E-state index in [-0.39, 0.29) is 11.9 Å². The van der Waals surface area contributed by atoms with Crippen molar-refractivity contribution in [3.05, 3.63) is 64.0 Å². The summed E-state index contributed by atoms with van der Waals surface area (Å²) in [5.74, 6) is 0.112. The smallest absolute Gasteiger partial charge is 0.269 e. The number of nitrogens with zero attached hydrogens (tertiary/aromatic N) is 3. The second-order valence-corrected chi connectivity index (χ2v) is 10.1. The summed E-state index contributed by atoms with van der Waals surface area (Å²) in [6.45, 7) is 2.07. The molecule has 6 heteroatoms. The maximum atomic E-state index is 13.7. The number of thioether (sulfide) groups is 2. The molecule has 0 spiro atoms. The topological polar surface area (TPSA) is 35.9 Å². The molecule has 0 atom stereocenters. The fourth-order valence-corrected chi connectivity index (χ4v) is 6.77. The number of hydrogen-bond acceptors (Lipinski definition) is 5. The number of benzene rings is 2. The number of aliphatic imine (C=N–C) groups is 1. The Balaban J connectivity index is 1.56. The molecule has 2 aromatic carbocycles.